The maximum Gasteiger partial charge on any atom is 0.250 e. The molecular weight excluding hydrogens is 308 g/mol. The summed E-state index contributed by atoms with van der Waals surface area (Å²) in [5.74, 6) is 1.49. The van der Waals surface area contributed by atoms with Gasteiger partial charge in [-0.15, -0.1) is 0 Å². The molecule has 0 N–H and O–H groups in total. The van der Waals surface area contributed by atoms with Crippen LogP contribution in [0.4, 0.5) is 0 Å². The van der Waals surface area contributed by atoms with Gasteiger partial charge in [-0.05, 0) is 35.2 Å². The molecule has 124 valence electrons. The number of amides is 1. The summed E-state index contributed by atoms with van der Waals surface area (Å²) >= 11 is 0. The van der Waals surface area contributed by atoms with Crippen LogP contribution >= 0.6 is 0 Å². The van der Waals surface area contributed by atoms with Gasteiger partial charge >= 0.3 is 0 Å². The second-order valence-corrected chi connectivity index (χ2v) is 6.20. The second kappa shape index (κ2) is 5.70. The smallest absolute Gasteiger partial charge is 0.250 e. The van der Waals surface area contributed by atoms with E-state index in [1.807, 2.05) is 29.3 Å². The molecule has 2 aromatic rings. The Kier molecular flexibility index (Phi) is 3.52. The van der Waals surface area contributed by atoms with Gasteiger partial charge in [0.15, 0.2) is 11.5 Å². The van der Waals surface area contributed by atoms with Crippen LogP contribution < -0.4 is 15.0 Å². The number of fused-ring (bicyclic) bond motifs is 2. The summed E-state index contributed by atoms with van der Waals surface area (Å²) in [6.45, 7) is 1.42. The molecule has 0 fully saturated rings. The predicted octanol–water partition coefficient (Wildman–Crippen LogP) is 1.24. The van der Waals surface area contributed by atoms with Gasteiger partial charge < -0.3 is 18.9 Å². The molecule has 2 aliphatic heterocycles. The first kappa shape index (κ1) is 14.8. The predicted molar refractivity (Wildman–Crippen MR) is 87.1 cm³/mol. The van der Waals surface area contributed by atoms with Crippen LogP contribution in [0.2, 0.25) is 0 Å². The molecule has 3 heterocycles. The largest absolute Gasteiger partial charge is 0.454 e. The molecule has 1 amide bonds. The Balaban J connectivity index is 1.49. The first-order valence-corrected chi connectivity index (χ1v) is 7.95. The Morgan fingerprint density at radius 1 is 1.17 bits per heavy atom. The van der Waals surface area contributed by atoms with Gasteiger partial charge in [-0.3, -0.25) is 9.59 Å². The van der Waals surface area contributed by atoms with E-state index in [1.165, 1.54) is 0 Å². The molecule has 0 saturated heterocycles. The van der Waals surface area contributed by atoms with E-state index in [2.05, 4.69) is 0 Å². The lowest BCUT2D eigenvalue weighted by molar-refractivity contribution is -0.131. The molecule has 24 heavy (non-hydrogen) atoms. The number of aromatic nitrogens is 1. The molecule has 2 aliphatic rings. The van der Waals surface area contributed by atoms with E-state index in [1.54, 1.807) is 17.7 Å². The lowest BCUT2D eigenvalue weighted by atomic mass is 10.0. The van der Waals surface area contributed by atoms with Crippen molar-refractivity contribution in [3.63, 3.8) is 0 Å². The lowest BCUT2D eigenvalue weighted by Crippen LogP contribution is -2.38. The number of hydrogen-bond donors (Lipinski definition) is 0. The molecule has 0 saturated carbocycles. The molecule has 0 atom stereocenters. The van der Waals surface area contributed by atoms with E-state index in [0.29, 0.717) is 25.3 Å². The number of pyridine rings is 1. The molecule has 0 radical (unpaired) electrons. The number of aryl methyl sites for hydroxylation is 1. The summed E-state index contributed by atoms with van der Waals surface area (Å²) in [7, 11) is 1.73. The molecule has 0 unspecified atom stereocenters. The fourth-order valence-corrected chi connectivity index (χ4v) is 3.19. The topological polar surface area (TPSA) is 60.8 Å². The van der Waals surface area contributed by atoms with Crippen molar-refractivity contribution in [3.8, 4) is 11.5 Å². The van der Waals surface area contributed by atoms with Crippen molar-refractivity contribution in [3.05, 3.63) is 57.5 Å². The summed E-state index contributed by atoms with van der Waals surface area (Å²) < 4.78 is 12.2. The Morgan fingerprint density at radius 2 is 2.00 bits per heavy atom. The zero-order valence-electron chi connectivity index (χ0n) is 13.4. The third-order valence-corrected chi connectivity index (χ3v) is 4.56. The van der Waals surface area contributed by atoms with E-state index >= 15 is 0 Å². The third-order valence-electron chi connectivity index (χ3n) is 4.56. The molecule has 4 rings (SSSR count). The van der Waals surface area contributed by atoms with Crippen LogP contribution in [0.5, 0.6) is 11.5 Å². The Morgan fingerprint density at radius 3 is 2.88 bits per heavy atom. The highest BCUT2D eigenvalue weighted by molar-refractivity contribution is 5.79. The van der Waals surface area contributed by atoms with Crippen LogP contribution in [0.1, 0.15) is 16.7 Å². The molecule has 1 aromatic carbocycles. The Bertz CT molecular complexity index is 872. The zero-order chi connectivity index (χ0) is 16.7. The van der Waals surface area contributed by atoms with Gasteiger partial charge in [-0.1, -0.05) is 6.07 Å². The quantitative estimate of drug-likeness (QED) is 0.833. The fraction of sp³-hybridized carbons (Fsp3) is 0.333. The standard InChI is InChI=1S/C18H18N2O4/c1-19-9-14-10-20(5-4-13(14)8-17(19)21)18(22)7-12-2-3-15-16(6-12)24-11-23-15/h2-3,6,8-9H,4-5,7,10-11H2,1H3. The number of hydrogen-bond acceptors (Lipinski definition) is 4. The molecular formula is C18H18N2O4. The van der Waals surface area contributed by atoms with Gasteiger partial charge in [-0.25, -0.2) is 0 Å². The number of carbonyl (C=O) groups excluding carboxylic acids is 1. The van der Waals surface area contributed by atoms with Crippen molar-refractivity contribution in [2.75, 3.05) is 13.3 Å². The summed E-state index contributed by atoms with van der Waals surface area (Å²) in [5, 5.41) is 0. The van der Waals surface area contributed by atoms with E-state index in [-0.39, 0.29) is 18.3 Å². The number of benzene rings is 1. The van der Waals surface area contributed by atoms with Crippen molar-refractivity contribution >= 4 is 5.91 Å². The average molecular weight is 326 g/mol. The molecule has 6 nitrogen and oxygen atoms in total. The summed E-state index contributed by atoms with van der Waals surface area (Å²) in [6, 6.07) is 7.27. The average Bonchev–Trinajstić information content (AvgIpc) is 3.03. The maximum absolute atomic E-state index is 12.6. The van der Waals surface area contributed by atoms with Crippen LogP contribution in [0.3, 0.4) is 0 Å². The molecule has 1 aromatic heterocycles. The number of nitrogens with zero attached hydrogens (tertiary/aromatic N) is 2. The fourth-order valence-electron chi connectivity index (χ4n) is 3.19. The van der Waals surface area contributed by atoms with Gasteiger partial charge in [0.1, 0.15) is 0 Å². The van der Waals surface area contributed by atoms with Crippen LogP contribution in [-0.4, -0.2) is 28.7 Å². The van der Waals surface area contributed by atoms with E-state index in [0.717, 1.165) is 28.9 Å². The third kappa shape index (κ3) is 2.64. The van der Waals surface area contributed by atoms with Crippen LogP contribution in [0.15, 0.2) is 35.3 Å². The highest BCUT2D eigenvalue weighted by atomic mass is 16.7. The number of rotatable bonds is 2. The zero-order valence-corrected chi connectivity index (χ0v) is 13.4. The minimum atomic E-state index is -0.00566. The number of ether oxygens (including phenoxy) is 2. The van der Waals surface area contributed by atoms with Crippen molar-refractivity contribution in [2.24, 2.45) is 7.05 Å². The minimum Gasteiger partial charge on any atom is -0.454 e. The van der Waals surface area contributed by atoms with Crippen LogP contribution in [0.25, 0.3) is 0 Å². The lowest BCUT2D eigenvalue weighted by Gasteiger charge is -2.29. The van der Waals surface area contributed by atoms with Crippen molar-refractivity contribution in [1.82, 2.24) is 9.47 Å². The van der Waals surface area contributed by atoms with Crippen molar-refractivity contribution < 1.29 is 14.3 Å². The van der Waals surface area contributed by atoms with Crippen molar-refractivity contribution in [2.45, 2.75) is 19.4 Å². The normalized spacial score (nSPS) is 15.3. The molecule has 0 bridgehead atoms. The monoisotopic (exact) mass is 326 g/mol. The number of carbonyl (C=O) groups is 1. The van der Waals surface area contributed by atoms with Crippen LogP contribution in [0, 0.1) is 0 Å². The van der Waals surface area contributed by atoms with E-state index in [9.17, 15) is 9.59 Å². The van der Waals surface area contributed by atoms with Gasteiger partial charge in [0.25, 0.3) is 5.56 Å². The summed E-state index contributed by atoms with van der Waals surface area (Å²) in [4.78, 5) is 26.2. The van der Waals surface area contributed by atoms with E-state index < -0.39 is 0 Å². The summed E-state index contributed by atoms with van der Waals surface area (Å²) in [6.07, 6.45) is 2.88. The molecule has 6 heteroatoms. The first-order chi connectivity index (χ1) is 11.6. The highest BCUT2D eigenvalue weighted by Crippen LogP contribution is 2.32. The Hall–Kier alpha value is -2.76. The van der Waals surface area contributed by atoms with E-state index in [4.69, 9.17) is 9.47 Å². The highest BCUT2D eigenvalue weighted by Gasteiger charge is 2.22. The van der Waals surface area contributed by atoms with Crippen LogP contribution in [-0.2, 0) is 31.2 Å². The SMILES string of the molecule is Cn1cc2c(cc1=O)CCN(C(=O)Cc1ccc3c(c1)OCO3)C2. The summed E-state index contributed by atoms with van der Waals surface area (Å²) in [5.41, 5.74) is 3.00. The second-order valence-electron chi connectivity index (χ2n) is 6.20. The Labute approximate surface area is 139 Å². The van der Waals surface area contributed by atoms with Gasteiger partial charge in [0.05, 0.1) is 6.42 Å². The molecule has 0 spiro atoms. The van der Waals surface area contributed by atoms with Gasteiger partial charge in [0, 0.05) is 32.4 Å². The molecule has 0 aliphatic carbocycles. The minimum absolute atomic E-state index is 0.00566. The van der Waals surface area contributed by atoms with Gasteiger partial charge in [0.2, 0.25) is 12.7 Å². The first-order valence-electron chi connectivity index (χ1n) is 7.95. The van der Waals surface area contributed by atoms with Gasteiger partial charge in [-0.2, -0.15) is 0 Å². The maximum atomic E-state index is 12.6. The van der Waals surface area contributed by atoms with Crippen molar-refractivity contribution in [1.29, 1.82) is 0 Å².